The zero-order valence-electron chi connectivity index (χ0n) is 24.8. The average Bonchev–Trinajstić information content (AvgIpc) is 3.68. The van der Waals surface area contributed by atoms with E-state index in [1.807, 2.05) is 30.3 Å². The van der Waals surface area contributed by atoms with Gasteiger partial charge in [0.1, 0.15) is 17.2 Å². The topological polar surface area (TPSA) is 190 Å². The molecule has 2 atom stereocenters. The van der Waals surface area contributed by atoms with Crippen LogP contribution in [0.15, 0.2) is 48.7 Å². The summed E-state index contributed by atoms with van der Waals surface area (Å²) in [5.41, 5.74) is 3.40. The van der Waals surface area contributed by atoms with Crippen LogP contribution in [0.1, 0.15) is 74.5 Å². The summed E-state index contributed by atoms with van der Waals surface area (Å²) in [7, 11) is 0. The molecular weight excluding hydrogens is 566 g/mol. The molecule has 232 valence electrons. The summed E-state index contributed by atoms with van der Waals surface area (Å²) in [4.78, 5) is 66.6. The van der Waals surface area contributed by atoms with Crippen molar-refractivity contribution in [3.05, 3.63) is 59.9 Å². The molecule has 1 aromatic heterocycles. The molecule has 2 aliphatic rings. The number of benzene rings is 2. The summed E-state index contributed by atoms with van der Waals surface area (Å²) in [5.74, 6) is -3.57. The minimum absolute atomic E-state index is 0.0337. The van der Waals surface area contributed by atoms with Gasteiger partial charge in [-0.05, 0) is 49.6 Å². The van der Waals surface area contributed by atoms with E-state index in [4.69, 9.17) is 5.73 Å². The first-order valence-electron chi connectivity index (χ1n) is 14.8. The average molecular weight is 604 g/mol. The normalized spacial score (nSPS) is 19.8. The van der Waals surface area contributed by atoms with Crippen molar-refractivity contribution < 1.29 is 29.1 Å². The van der Waals surface area contributed by atoms with Crippen LogP contribution in [0.2, 0.25) is 0 Å². The van der Waals surface area contributed by atoms with Gasteiger partial charge in [0.05, 0.1) is 24.5 Å². The van der Waals surface area contributed by atoms with Crippen molar-refractivity contribution in [3.63, 3.8) is 0 Å². The third-order valence-electron chi connectivity index (χ3n) is 8.59. The van der Waals surface area contributed by atoms with Gasteiger partial charge in [0, 0.05) is 18.5 Å². The zero-order chi connectivity index (χ0) is 31.6. The van der Waals surface area contributed by atoms with E-state index in [0.717, 1.165) is 17.2 Å². The quantitative estimate of drug-likeness (QED) is 0.262. The number of amides is 4. The molecular formula is C31H37N7O6. The molecule has 0 bridgehead atoms. The van der Waals surface area contributed by atoms with Crippen molar-refractivity contribution in [1.29, 1.82) is 0 Å². The Labute approximate surface area is 254 Å². The summed E-state index contributed by atoms with van der Waals surface area (Å²) in [6.45, 7) is 2.80. The van der Waals surface area contributed by atoms with Crippen LogP contribution >= 0.6 is 0 Å². The van der Waals surface area contributed by atoms with Crippen molar-refractivity contribution in [2.75, 3.05) is 13.1 Å². The second-order valence-corrected chi connectivity index (χ2v) is 12.1. The van der Waals surface area contributed by atoms with E-state index in [2.05, 4.69) is 20.9 Å². The molecule has 1 aliphatic carbocycles. The van der Waals surface area contributed by atoms with Crippen LogP contribution in [-0.2, 0) is 24.8 Å². The molecule has 0 spiro atoms. The SMILES string of the molecule is CC(C)(O)c1cnnn1[C@H]1C[C@@H](C(=O)NC2(C(=O)C(N)=O)CCCCC2)N(C(=O)CNC(=O)c2ccc3ccccc3c2)C1. The Hall–Kier alpha value is -4.65. The van der Waals surface area contributed by atoms with Crippen LogP contribution in [0.4, 0.5) is 0 Å². The molecule has 1 saturated heterocycles. The van der Waals surface area contributed by atoms with E-state index < -0.39 is 52.6 Å². The number of nitrogens with zero attached hydrogens (tertiary/aromatic N) is 4. The lowest BCUT2D eigenvalue weighted by Crippen LogP contribution is -2.62. The number of likely N-dealkylation sites (tertiary alicyclic amines) is 1. The van der Waals surface area contributed by atoms with Crippen LogP contribution in [0.25, 0.3) is 10.8 Å². The van der Waals surface area contributed by atoms with E-state index >= 15 is 0 Å². The number of nitrogens with two attached hydrogens (primary N) is 1. The van der Waals surface area contributed by atoms with Gasteiger partial charge in [-0.1, -0.05) is 54.8 Å². The number of fused-ring (bicyclic) bond motifs is 1. The van der Waals surface area contributed by atoms with Crippen molar-refractivity contribution in [2.24, 2.45) is 5.73 Å². The molecule has 13 nitrogen and oxygen atoms in total. The first-order valence-corrected chi connectivity index (χ1v) is 14.8. The minimum Gasteiger partial charge on any atom is -0.384 e. The van der Waals surface area contributed by atoms with Gasteiger partial charge >= 0.3 is 0 Å². The van der Waals surface area contributed by atoms with Crippen LogP contribution in [-0.4, -0.2) is 79.1 Å². The monoisotopic (exact) mass is 603 g/mol. The van der Waals surface area contributed by atoms with Crippen molar-refractivity contribution in [3.8, 4) is 0 Å². The lowest BCUT2D eigenvalue weighted by Gasteiger charge is -2.37. The van der Waals surface area contributed by atoms with Gasteiger partial charge in [0.25, 0.3) is 11.8 Å². The maximum atomic E-state index is 13.9. The zero-order valence-corrected chi connectivity index (χ0v) is 24.8. The summed E-state index contributed by atoms with van der Waals surface area (Å²) in [5, 5.41) is 26.0. The van der Waals surface area contributed by atoms with Crippen LogP contribution in [0.3, 0.4) is 0 Å². The maximum Gasteiger partial charge on any atom is 0.287 e. The van der Waals surface area contributed by atoms with Gasteiger partial charge in [0.2, 0.25) is 17.6 Å². The van der Waals surface area contributed by atoms with E-state index in [9.17, 15) is 29.1 Å². The van der Waals surface area contributed by atoms with Gasteiger partial charge in [-0.15, -0.1) is 5.10 Å². The molecule has 0 unspecified atom stereocenters. The van der Waals surface area contributed by atoms with E-state index in [0.29, 0.717) is 24.1 Å². The second-order valence-electron chi connectivity index (χ2n) is 12.1. The van der Waals surface area contributed by atoms with Gasteiger partial charge in [-0.25, -0.2) is 4.68 Å². The molecule has 13 heteroatoms. The number of hydrogen-bond acceptors (Lipinski definition) is 8. The highest BCUT2D eigenvalue weighted by Gasteiger charge is 2.48. The Morgan fingerprint density at radius 1 is 1.05 bits per heavy atom. The van der Waals surface area contributed by atoms with Gasteiger partial charge in [-0.2, -0.15) is 0 Å². The minimum atomic E-state index is -1.44. The number of rotatable bonds is 9. The van der Waals surface area contributed by atoms with Gasteiger partial charge < -0.3 is 26.4 Å². The number of primary amides is 1. The van der Waals surface area contributed by atoms with Crippen molar-refractivity contribution >= 4 is 40.2 Å². The van der Waals surface area contributed by atoms with Crippen LogP contribution in [0.5, 0.6) is 0 Å². The number of ketones is 1. The predicted molar refractivity (Wildman–Crippen MR) is 159 cm³/mol. The fourth-order valence-electron chi connectivity index (χ4n) is 6.28. The highest BCUT2D eigenvalue weighted by molar-refractivity contribution is 6.39. The predicted octanol–water partition coefficient (Wildman–Crippen LogP) is 1.10. The van der Waals surface area contributed by atoms with E-state index in [1.54, 1.807) is 26.0 Å². The highest BCUT2D eigenvalue weighted by atomic mass is 16.3. The lowest BCUT2D eigenvalue weighted by atomic mass is 9.78. The molecule has 2 heterocycles. The number of carbonyl (C=O) groups is 5. The molecule has 4 amide bonds. The van der Waals surface area contributed by atoms with Gasteiger partial charge in [0.15, 0.2) is 0 Å². The van der Waals surface area contributed by atoms with E-state index in [-0.39, 0.29) is 32.4 Å². The third kappa shape index (κ3) is 6.18. The number of aromatic nitrogens is 3. The Morgan fingerprint density at radius 3 is 2.43 bits per heavy atom. The first kappa shape index (κ1) is 30.8. The van der Waals surface area contributed by atoms with Crippen molar-refractivity contribution in [1.82, 2.24) is 30.5 Å². The molecule has 5 rings (SSSR count). The molecule has 2 fully saturated rings. The molecule has 44 heavy (non-hydrogen) atoms. The molecule has 0 radical (unpaired) electrons. The number of carbonyl (C=O) groups excluding carboxylic acids is 5. The smallest absolute Gasteiger partial charge is 0.287 e. The summed E-state index contributed by atoms with van der Waals surface area (Å²) in [6, 6.07) is 11.2. The van der Waals surface area contributed by atoms with Crippen LogP contribution < -0.4 is 16.4 Å². The Balaban J connectivity index is 1.38. The lowest BCUT2D eigenvalue weighted by molar-refractivity contribution is -0.145. The number of aliphatic hydroxyl groups is 1. The molecule has 3 aromatic rings. The number of hydrogen-bond donors (Lipinski definition) is 4. The Morgan fingerprint density at radius 2 is 1.75 bits per heavy atom. The van der Waals surface area contributed by atoms with Crippen LogP contribution in [0, 0.1) is 0 Å². The number of nitrogens with one attached hydrogen (secondary N) is 2. The van der Waals surface area contributed by atoms with E-state index in [1.165, 1.54) is 15.8 Å². The molecule has 2 aromatic carbocycles. The van der Waals surface area contributed by atoms with Gasteiger partial charge in [-0.3, -0.25) is 24.0 Å². The molecule has 1 aliphatic heterocycles. The molecule has 5 N–H and O–H groups in total. The second kappa shape index (κ2) is 12.2. The largest absolute Gasteiger partial charge is 0.384 e. The highest BCUT2D eigenvalue weighted by Crippen LogP contribution is 2.33. The standard InChI is InChI=1S/C31H37N7O6/c1-30(2,44)24-16-34-36-38(24)22-15-23(29(43)35-31(26(40)27(32)41)12-6-3-7-13-31)37(18-22)25(39)17-33-28(42)21-11-10-19-8-4-5-9-20(19)14-21/h4-5,8-11,14,16,22-23,44H,3,6-7,12-13,15,17-18H2,1-2H3,(H2,32,41)(H,33,42)(H,35,43)/t22-,23-/m0/s1. The first-order chi connectivity index (χ1) is 20.9. The fourth-order valence-corrected chi connectivity index (χ4v) is 6.28. The summed E-state index contributed by atoms with van der Waals surface area (Å²) in [6.07, 6.45) is 4.16. The van der Waals surface area contributed by atoms with Crippen molar-refractivity contribution in [2.45, 2.75) is 75.6 Å². The Bertz CT molecular complexity index is 1600. The molecule has 1 saturated carbocycles. The fraction of sp³-hybridized carbons (Fsp3) is 0.452. The Kier molecular flexibility index (Phi) is 8.51. The summed E-state index contributed by atoms with van der Waals surface area (Å²) < 4.78 is 1.49. The number of Topliss-reactive ketones (excluding diaryl/α,β-unsaturated/α-hetero) is 1. The maximum absolute atomic E-state index is 13.9. The summed E-state index contributed by atoms with van der Waals surface area (Å²) >= 11 is 0. The third-order valence-corrected chi connectivity index (χ3v) is 8.59.